The van der Waals surface area contributed by atoms with Crippen molar-refractivity contribution in [3.05, 3.63) is 35.1 Å². The molecule has 4 N–H and O–H groups in total. The van der Waals surface area contributed by atoms with E-state index in [1.165, 1.54) is 13.8 Å². The van der Waals surface area contributed by atoms with E-state index >= 15 is 0 Å². The van der Waals surface area contributed by atoms with Crippen molar-refractivity contribution in [3.63, 3.8) is 0 Å². The van der Waals surface area contributed by atoms with Crippen LogP contribution in [0.1, 0.15) is 78.9 Å². The number of alkyl carbamates (subject to hydrolysis) is 1. The fourth-order valence-electron chi connectivity index (χ4n) is 7.49. The predicted octanol–water partition coefficient (Wildman–Crippen LogP) is 2.59. The summed E-state index contributed by atoms with van der Waals surface area (Å²) in [5, 5.41) is 28.1. The number of phenols is 1. The van der Waals surface area contributed by atoms with Crippen LogP contribution in [0, 0.1) is 5.92 Å². The zero-order valence-electron chi connectivity index (χ0n) is 28.3. The van der Waals surface area contributed by atoms with Gasteiger partial charge in [-0.2, -0.15) is 0 Å². The number of likely N-dealkylation sites (tertiary alicyclic amines) is 1. The molecule has 7 atom stereocenters. The van der Waals surface area contributed by atoms with Gasteiger partial charge in [-0.3, -0.25) is 4.79 Å². The lowest BCUT2D eigenvalue weighted by Gasteiger charge is -2.61. The first-order chi connectivity index (χ1) is 21.9. The number of amides is 2. The van der Waals surface area contributed by atoms with Crippen LogP contribution in [0.2, 0.25) is 0 Å². The molecule has 1 unspecified atom stereocenters. The molecular formula is C34H47N3O10. The highest BCUT2D eigenvalue weighted by Gasteiger charge is 2.72. The molecule has 0 aromatic heterocycles. The SMILES string of the molecule is CC(C)C[C@H](NC(=O)OC(C)(C)C)C(=O)N[C@@H](C)C(=O)O[C@@H](C)C(=O)OC1=CC[C@]2(O)C3Cc4ccc(O)c5c4[C@@]2(CCN3C)[C@H]1O5. The van der Waals surface area contributed by atoms with Crippen LogP contribution in [0.15, 0.2) is 24.0 Å². The van der Waals surface area contributed by atoms with Gasteiger partial charge in [-0.05, 0) is 91.1 Å². The van der Waals surface area contributed by atoms with E-state index in [1.807, 2.05) is 27.0 Å². The van der Waals surface area contributed by atoms with Crippen LogP contribution in [0.25, 0.3) is 0 Å². The van der Waals surface area contributed by atoms with Crippen LogP contribution in [0.5, 0.6) is 11.5 Å². The minimum absolute atomic E-state index is 0.0450. The number of aliphatic hydroxyl groups is 1. The number of nitrogens with one attached hydrogen (secondary N) is 2. The zero-order valence-corrected chi connectivity index (χ0v) is 28.3. The minimum atomic E-state index is -1.35. The Balaban J connectivity index is 1.25. The number of nitrogens with zero attached hydrogens (tertiary/aromatic N) is 1. The molecular weight excluding hydrogens is 610 g/mol. The zero-order chi connectivity index (χ0) is 34.6. The van der Waals surface area contributed by atoms with Gasteiger partial charge in [0, 0.05) is 18.0 Å². The van der Waals surface area contributed by atoms with Gasteiger partial charge in [0.05, 0.1) is 11.0 Å². The van der Waals surface area contributed by atoms with Crippen molar-refractivity contribution in [2.45, 2.75) is 121 Å². The number of rotatable bonds is 9. The van der Waals surface area contributed by atoms with Crippen molar-refractivity contribution >= 4 is 23.9 Å². The van der Waals surface area contributed by atoms with Gasteiger partial charge in [-0.15, -0.1) is 0 Å². The van der Waals surface area contributed by atoms with Crippen molar-refractivity contribution in [3.8, 4) is 11.5 Å². The maximum Gasteiger partial charge on any atom is 0.408 e. The molecule has 1 saturated heterocycles. The molecule has 1 fully saturated rings. The largest absolute Gasteiger partial charge is 0.504 e. The smallest absolute Gasteiger partial charge is 0.408 e. The van der Waals surface area contributed by atoms with E-state index in [0.717, 1.165) is 11.1 Å². The van der Waals surface area contributed by atoms with Crippen LogP contribution in [0.4, 0.5) is 4.79 Å². The Bertz CT molecular complexity index is 1480. The van der Waals surface area contributed by atoms with Gasteiger partial charge in [-0.1, -0.05) is 19.9 Å². The fourth-order valence-corrected chi connectivity index (χ4v) is 7.49. The Hall–Kier alpha value is -3.84. The lowest BCUT2D eigenvalue weighted by Crippen LogP contribution is -2.74. The van der Waals surface area contributed by atoms with Crippen LogP contribution < -0.4 is 15.4 Å². The number of carbonyl (C=O) groups excluding carboxylic acids is 4. The van der Waals surface area contributed by atoms with Crippen LogP contribution in [-0.4, -0.2) is 94.2 Å². The lowest BCUT2D eigenvalue weighted by atomic mass is 9.50. The third-order valence-electron chi connectivity index (χ3n) is 9.62. The van der Waals surface area contributed by atoms with Crippen LogP contribution >= 0.6 is 0 Å². The maximum absolute atomic E-state index is 13.3. The molecule has 5 rings (SSSR count). The molecule has 258 valence electrons. The fraction of sp³-hybridized carbons (Fsp3) is 0.647. The molecule has 4 aliphatic rings. The number of phenolic OH excluding ortho intramolecular Hbond substituents is 1. The van der Waals surface area contributed by atoms with Gasteiger partial charge in [0.1, 0.15) is 23.4 Å². The second kappa shape index (κ2) is 12.3. The lowest BCUT2D eigenvalue weighted by molar-refractivity contribution is -0.176. The first-order valence-electron chi connectivity index (χ1n) is 16.2. The molecule has 2 amide bonds. The molecule has 2 heterocycles. The quantitative estimate of drug-likeness (QED) is 0.227. The number of benzene rings is 1. The molecule has 47 heavy (non-hydrogen) atoms. The number of carbonyl (C=O) groups is 4. The monoisotopic (exact) mass is 657 g/mol. The Morgan fingerprint density at radius 1 is 1.11 bits per heavy atom. The van der Waals surface area contributed by atoms with E-state index in [4.69, 9.17) is 18.9 Å². The molecule has 2 aliphatic carbocycles. The highest BCUT2D eigenvalue weighted by Crippen LogP contribution is 2.65. The number of aromatic hydroxyl groups is 1. The summed E-state index contributed by atoms with van der Waals surface area (Å²) in [5.41, 5.74) is -1.18. The summed E-state index contributed by atoms with van der Waals surface area (Å²) in [6.07, 6.45) is 0.261. The molecule has 0 saturated carbocycles. The minimum Gasteiger partial charge on any atom is -0.504 e. The average molecular weight is 658 g/mol. The summed E-state index contributed by atoms with van der Waals surface area (Å²) in [6, 6.07) is 1.13. The van der Waals surface area contributed by atoms with Gasteiger partial charge in [0.15, 0.2) is 23.7 Å². The summed E-state index contributed by atoms with van der Waals surface area (Å²) in [7, 11) is 1.98. The van der Waals surface area contributed by atoms with Gasteiger partial charge in [0.2, 0.25) is 5.91 Å². The molecule has 13 heteroatoms. The summed E-state index contributed by atoms with van der Waals surface area (Å²) < 4.78 is 22.8. The normalized spacial score (nSPS) is 27.7. The molecule has 1 aromatic carbocycles. The Morgan fingerprint density at radius 3 is 2.47 bits per heavy atom. The second-order valence-corrected chi connectivity index (χ2v) is 14.7. The van der Waals surface area contributed by atoms with E-state index < -0.39 is 64.8 Å². The van der Waals surface area contributed by atoms with Crippen LogP contribution in [-0.2, 0) is 40.4 Å². The highest BCUT2D eigenvalue weighted by atomic mass is 16.6. The molecule has 13 nitrogen and oxygen atoms in total. The molecule has 1 spiro atoms. The van der Waals surface area contributed by atoms with Gasteiger partial charge in [0.25, 0.3) is 0 Å². The standard InChI is InChI=1S/C34H47N3O10/c1-17(2)15-21(36-31(42)47-32(5,6)7)28(39)35-18(3)29(40)44-19(4)30(41)45-23-11-12-34(43)24-16-20-9-10-22(38)26-25(20)33(34,27(23)46-26)13-14-37(24)8/h9-11,17-19,21,24,27,38,43H,12-16H2,1-8H3,(H,35,39)(H,36,42)/t18-,19-,21-,24?,27-,33-,34-/m0/s1. The van der Waals surface area contributed by atoms with Gasteiger partial charge >= 0.3 is 18.0 Å². The third-order valence-corrected chi connectivity index (χ3v) is 9.62. The summed E-state index contributed by atoms with van der Waals surface area (Å²) in [4.78, 5) is 53.8. The van der Waals surface area contributed by atoms with E-state index in [2.05, 4.69) is 15.5 Å². The van der Waals surface area contributed by atoms with Crippen molar-refractivity contribution in [1.29, 1.82) is 0 Å². The van der Waals surface area contributed by atoms with E-state index in [-0.39, 0.29) is 29.9 Å². The van der Waals surface area contributed by atoms with Crippen LogP contribution in [0.3, 0.4) is 0 Å². The average Bonchev–Trinajstić information content (AvgIpc) is 3.32. The summed E-state index contributed by atoms with van der Waals surface area (Å²) in [5.74, 6) is -1.87. The Labute approximate surface area is 274 Å². The van der Waals surface area contributed by atoms with Crippen molar-refractivity contribution in [2.75, 3.05) is 13.6 Å². The second-order valence-electron chi connectivity index (χ2n) is 14.7. The third kappa shape index (κ3) is 6.15. The van der Waals surface area contributed by atoms with Crippen molar-refractivity contribution in [2.24, 2.45) is 5.92 Å². The molecule has 0 radical (unpaired) electrons. The Kier molecular flexibility index (Phi) is 9.04. The summed E-state index contributed by atoms with van der Waals surface area (Å²) >= 11 is 0. The van der Waals surface area contributed by atoms with Crippen molar-refractivity contribution in [1.82, 2.24) is 15.5 Å². The van der Waals surface area contributed by atoms with Crippen molar-refractivity contribution < 1.29 is 48.3 Å². The van der Waals surface area contributed by atoms with Gasteiger partial charge in [-0.25, -0.2) is 14.4 Å². The number of hydrogen-bond acceptors (Lipinski definition) is 11. The number of likely N-dealkylation sites (N-methyl/N-ethyl adjacent to an activating group) is 1. The maximum atomic E-state index is 13.3. The number of hydrogen-bond donors (Lipinski definition) is 4. The summed E-state index contributed by atoms with van der Waals surface area (Å²) in [6.45, 7) is 12.3. The highest BCUT2D eigenvalue weighted by molar-refractivity contribution is 5.90. The first kappa shape index (κ1) is 34.5. The van der Waals surface area contributed by atoms with E-state index in [1.54, 1.807) is 32.9 Å². The Morgan fingerprint density at radius 2 is 1.81 bits per heavy atom. The number of ether oxygens (including phenoxy) is 4. The first-order valence-corrected chi connectivity index (χ1v) is 16.2. The van der Waals surface area contributed by atoms with E-state index in [0.29, 0.717) is 31.6 Å². The number of esters is 2. The molecule has 2 bridgehead atoms. The van der Waals surface area contributed by atoms with Gasteiger partial charge < -0.3 is 44.7 Å². The molecule has 1 aromatic rings. The topological polar surface area (TPSA) is 173 Å². The van der Waals surface area contributed by atoms with E-state index in [9.17, 15) is 29.4 Å². The predicted molar refractivity (Wildman–Crippen MR) is 168 cm³/mol. The number of piperidine rings is 1. The molecule has 2 aliphatic heterocycles.